The normalized spacial score (nSPS) is 11.5. The molecule has 0 saturated heterocycles. The minimum Gasteiger partial charge on any atom is -0.309 e. The zero-order valence-electron chi connectivity index (χ0n) is 30.9. The molecule has 0 amide bonds. The fourth-order valence-electron chi connectivity index (χ4n) is 8.26. The van der Waals surface area contributed by atoms with Gasteiger partial charge in [-0.3, -0.25) is 0 Å². The van der Waals surface area contributed by atoms with Crippen LogP contribution in [0.2, 0.25) is 0 Å². The van der Waals surface area contributed by atoms with Crippen LogP contribution in [0.3, 0.4) is 0 Å². The van der Waals surface area contributed by atoms with E-state index in [0.29, 0.717) is 17.5 Å². The second-order valence-corrected chi connectivity index (χ2v) is 14.4. The first kappa shape index (κ1) is 32.7. The number of hydrogen-bond acceptors (Lipinski definition) is 3. The zero-order chi connectivity index (χ0) is 37.7. The predicted octanol–water partition coefficient (Wildman–Crippen LogP) is 13.6. The first-order valence-corrected chi connectivity index (χ1v) is 19.3. The topological polar surface area (TPSA) is 43.6 Å². The molecule has 266 valence electrons. The quantitative estimate of drug-likeness (QED) is 0.171. The van der Waals surface area contributed by atoms with E-state index in [1.165, 1.54) is 48.9 Å². The Kier molecular flexibility index (Phi) is 7.78. The van der Waals surface area contributed by atoms with Gasteiger partial charge in [-0.05, 0) is 86.3 Å². The highest BCUT2D eigenvalue weighted by Crippen LogP contribution is 2.41. The lowest BCUT2D eigenvalue weighted by atomic mass is 10.00. The smallest absolute Gasteiger partial charge is 0.164 e. The van der Waals surface area contributed by atoms with Gasteiger partial charge in [0.25, 0.3) is 0 Å². The Morgan fingerprint density at radius 2 is 0.684 bits per heavy atom. The number of benzene rings is 9. The van der Waals surface area contributed by atoms with Gasteiger partial charge in [0, 0.05) is 33.2 Å². The third kappa shape index (κ3) is 5.74. The molecule has 0 unspecified atom stereocenters. The molecule has 0 aliphatic rings. The maximum absolute atomic E-state index is 5.13. The molecule has 2 heterocycles. The van der Waals surface area contributed by atoms with Crippen molar-refractivity contribution in [2.24, 2.45) is 0 Å². The summed E-state index contributed by atoms with van der Waals surface area (Å²) in [6.45, 7) is 0. The number of aromatic nitrogens is 4. The molecule has 0 fully saturated rings. The van der Waals surface area contributed by atoms with Crippen molar-refractivity contribution in [2.75, 3.05) is 0 Å². The summed E-state index contributed by atoms with van der Waals surface area (Å²) >= 11 is 0. The second kappa shape index (κ2) is 13.6. The lowest BCUT2D eigenvalue weighted by molar-refractivity contribution is 1.07. The Hall–Kier alpha value is -7.69. The van der Waals surface area contributed by atoms with Crippen LogP contribution in [0, 0.1) is 0 Å². The molecule has 0 aliphatic carbocycles. The van der Waals surface area contributed by atoms with Gasteiger partial charge in [0.15, 0.2) is 17.5 Å². The van der Waals surface area contributed by atoms with Gasteiger partial charge in [-0.2, -0.15) is 0 Å². The molecule has 0 saturated carbocycles. The molecule has 4 nitrogen and oxygen atoms in total. The molecule has 4 heteroatoms. The molecule has 9 aromatic carbocycles. The number of nitrogens with zero attached hydrogens (tertiary/aromatic N) is 4. The van der Waals surface area contributed by atoms with Gasteiger partial charge >= 0.3 is 0 Å². The molecule has 0 N–H and O–H groups in total. The van der Waals surface area contributed by atoms with Crippen LogP contribution in [0.25, 0.3) is 105 Å². The minimum absolute atomic E-state index is 0.623. The highest BCUT2D eigenvalue weighted by Gasteiger charge is 2.18. The first-order valence-electron chi connectivity index (χ1n) is 19.3. The fourth-order valence-corrected chi connectivity index (χ4v) is 8.26. The molecular weight excluding hydrogens is 693 g/mol. The predicted molar refractivity (Wildman–Crippen MR) is 236 cm³/mol. The van der Waals surface area contributed by atoms with E-state index in [1.54, 1.807) is 0 Å². The summed E-state index contributed by atoms with van der Waals surface area (Å²) in [5.41, 5.74) is 10.8. The van der Waals surface area contributed by atoms with Gasteiger partial charge in [0.1, 0.15) is 0 Å². The summed E-state index contributed by atoms with van der Waals surface area (Å²) in [5.74, 6) is 1.88. The molecule has 11 rings (SSSR count). The molecule has 2 aromatic heterocycles. The number of hydrogen-bond donors (Lipinski definition) is 0. The SMILES string of the molecule is c1ccc(-c2ccc(-c3nc(-c4ccc(-n5c6ccc7ccccc7c6c6c7ccccc7ccc65)cc4)nc(-c4cccc(-c5ccccc5)c4)n3)cc2)cc1. The van der Waals surface area contributed by atoms with Crippen LogP contribution in [-0.4, -0.2) is 19.5 Å². The van der Waals surface area contributed by atoms with Gasteiger partial charge in [-0.15, -0.1) is 0 Å². The number of rotatable bonds is 6. The molecule has 57 heavy (non-hydrogen) atoms. The van der Waals surface area contributed by atoms with Crippen LogP contribution in [-0.2, 0) is 0 Å². The van der Waals surface area contributed by atoms with Crippen LogP contribution in [0.1, 0.15) is 0 Å². The molecule has 0 radical (unpaired) electrons. The largest absolute Gasteiger partial charge is 0.309 e. The van der Waals surface area contributed by atoms with Crippen molar-refractivity contribution in [3.8, 4) is 62.1 Å². The summed E-state index contributed by atoms with van der Waals surface area (Å²) in [6, 6.07) is 72.8. The summed E-state index contributed by atoms with van der Waals surface area (Å²) in [4.78, 5) is 15.3. The van der Waals surface area contributed by atoms with E-state index in [-0.39, 0.29) is 0 Å². The van der Waals surface area contributed by atoms with Crippen LogP contribution in [0.4, 0.5) is 0 Å². The molecule has 0 aliphatic heterocycles. The maximum atomic E-state index is 5.13. The van der Waals surface area contributed by atoms with E-state index in [4.69, 9.17) is 15.0 Å². The van der Waals surface area contributed by atoms with Crippen molar-refractivity contribution in [3.05, 3.63) is 206 Å². The van der Waals surface area contributed by atoms with Crippen LogP contribution < -0.4 is 0 Å². The Balaban J connectivity index is 1.06. The van der Waals surface area contributed by atoms with Gasteiger partial charge in [-0.1, -0.05) is 164 Å². The summed E-state index contributed by atoms with van der Waals surface area (Å²) < 4.78 is 2.39. The third-order valence-electron chi connectivity index (χ3n) is 11.0. The van der Waals surface area contributed by atoms with Crippen molar-refractivity contribution >= 4 is 43.4 Å². The van der Waals surface area contributed by atoms with Gasteiger partial charge in [0.2, 0.25) is 0 Å². The second-order valence-electron chi connectivity index (χ2n) is 14.4. The Morgan fingerprint density at radius 1 is 0.281 bits per heavy atom. The summed E-state index contributed by atoms with van der Waals surface area (Å²) in [6.07, 6.45) is 0. The molecule has 0 atom stereocenters. The zero-order valence-corrected chi connectivity index (χ0v) is 30.9. The Bertz CT molecular complexity index is 3170. The monoisotopic (exact) mass is 726 g/mol. The number of fused-ring (bicyclic) bond motifs is 7. The lowest BCUT2D eigenvalue weighted by Gasteiger charge is -2.12. The molecule has 0 spiro atoms. The molecular formula is C53H34N4. The standard InChI is InChI=1S/C53H34N4/c1-3-12-35(13-4-1)37-22-24-40(25-23-37)51-54-52(56-53(55-51)43-19-11-18-42(34-43)36-14-5-2-6-15-36)41-26-30-44(31-27-41)57-47-32-28-38-16-7-9-20-45(38)49(47)50-46-21-10-8-17-39(46)29-33-48(50)57/h1-34H. The van der Waals surface area contributed by atoms with E-state index >= 15 is 0 Å². The van der Waals surface area contributed by atoms with Crippen molar-refractivity contribution in [1.29, 1.82) is 0 Å². The van der Waals surface area contributed by atoms with E-state index in [0.717, 1.165) is 39.1 Å². The van der Waals surface area contributed by atoms with E-state index in [9.17, 15) is 0 Å². The van der Waals surface area contributed by atoms with Crippen molar-refractivity contribution < 1.29 is 0 Å². The van der Waals surface area contributed by atoms with Crippen LogP contribution in [0.5, 0.6) is 0 Å². The van der Waals surface area contributed by atoms with E-state index in [1.807, 2.05) is 12.1 Å². The summed E-state index contributed by atoms with van der Waals surface area (Å²) in [7, 11) is 0. The minimum atomic E-state index is 0.623. The van der Waals surface area contributed by atoms with Gasteiger partial charge in [-0.25, -0.2) is 15.0 Å². The summed E-state index contributed by atoms with van der Waals surface area (Å²) in [5, 5.41) is 7.52. The van der Waals surface area contributed by atoms with Crippen molar-refractivity contribution in [3.63, 3.8) is 0 Å². The average molecular weight is 727 g/mol. The average Bonchev–Trinajstić information content (AvgIpc) is 3.65. The highest BCUT2D eigenvalue weighted by molar-refractivity contribution is 6.28. The first-order chi connectivity index (χ1) is 28.2. The third-order valence-corrected chi connectivity index (χ3v) is 11.0. The Morgan fingerprint density at radius 3 is 1.25 bits per heavy atom. The van der Waals surface area contributed by atoms with Gasteiger partial charge in [0.05, 0.1) is 11.0 Å². The van der Waals surface area contributed by atoms with Crippen molar-refractivity contribution in [1.82, 2.24) is 19.5 Å². The van der Waals surface area contributed by atoms with Crippen molar-refractivity contribution in [2.45, 2.75) is 0 Å². The van der Waals surface area contributed by atoms with Gasteiger partial charge < -0.3 is 4.57 Å². The lowest BCUT2D eigenvalue weighted by Crippen LogP contribution is -2.01. The van der Waals surface area contributed by atoms with Crippen LogP contribution >= 0.6 is 0 Å². The van der Waals surface area contributed by atoms with E-state index in [2.05, 4.69) is 199 Å². The fraction of sp³-hybridized carbons (Fsp3) is 0. The highest BCUT2D eigenvalue weighted by atomic mass is 15.0. The molecule has 0 bridgehead atoms. The maximum Gasteiger partial charge on any atom is 0.164 e. The molecule has 11 aromatic rings. The van der Waals surface area contributed by atoms with E-state index < -0.39 is 0 Å². The van der Waals surface area contributed by atoms with Crippen LogP contribution in [0.15, 0.2) is 206 Å². The Labute approximate surface area is 330 Å².